The minimum Gasteiger partial charge on any atom is -0.456 e. The van der Waals surface area contributed by atoms with Gasteiger partial charge in [-0.1, -0.05) is 11.8 Å². The molecule has 0 saturated heterocycles. The molecule has 98 valence electrons. The minimum absolute atomic E-state index is 0.244. The van der Waals surface area contributed by atoms with Crippen LogP contribution >= 0.6 is 23.5 Å². The number of rotatable bonds is 2. The summed E-state index contributed by atoms with van der Waals surface area (Å²) < 4.78 is 10.3. The minimum atomic E-state index is -0.366. The van der Waals surface area contributed by atoms with Crippen LogP contribution in [0, 0.1) is 0 Å². The molecule has 0 aliphatic carbocycles. The molecule has 0 aromatic heterocycles. The van der Waals surface area contributed by atoms with Gasteiger partial charge in [-0.2, -0.15) is 0 Å². The topological polar surface area (TPSA) is 64.6 Å². The van der Waals surface area contributed by atoms with Crippen molar-refractivity contribution in [3.63, 3.8) is 0 Å². The van der Waals surface area contributed by atoms with Crippen LogP contribution in [0.25, 0.3) is 0 Å². The molecule has 1 N–H and O–H groups in total. The highest BCUT2D eigenvalue weighted by Crippen LogP contribution is 2.43. The van der Waals surface area contributed by atoms with Crippen LogP contribution in [0.4, 0.5) is 0 Å². The van der Waals surface area contributed by atoms with Crippen LogP contribution in [-0.4, -0.2) is 30.3 Å². The van der Waals surface area contributed by atoms with Gasteiger partial charge in [0.2, 0.25) is 0 Å². The van der Waals surface area contributed by atoms with Crippen LogP contribution in [0.1, 0.15) is 13.8 Å². The lowest BCUT2D eigenvalue weighted by molar-refractivity contribution is -0.143. The van der Waals surface area contributed by atoms with E-state index in [1.165, 1.54) is 25.6 Å². The average Bonchev–Trinajstić information content (AvgIpc) is 2.52. The van der Waals surface area contributed by atoms with E-state index in [-0.39, 0.29) is 18.0 Å². The van der Waals surface area contributed by atoms with Gasteiger partial charge in [0, 0.05) is 42.2 Å². The van der Waals surface area contributed by atoms with Gasteiger partial charge in [-0.3, -0.25) is 9.59 Å². The lowest BCUT2D eigenvalue weighted by atomic mass is 10.3. The lowest BCUT2D eigenvalue weighted by Crippen LogP contribution is -2.17. The Bertz CT molecular complexity index is 444. The van der Waals surface area contributed by atoms with Crippen LogP contribution in [0.15, 0.2) is 21.1 Å². The SMILES string of the molecule is CC(=O)OC1=CNCC2=C(S1)C(OC(C)=O)CS2. The van der Waals surface area contributed by atoms with E-state index in [4.69, 9.17) is 9.47 Å². The van der Waals surface area contributed by atoms with Crippen LogP contribution in [0.3, 0.4) is 0 Å². The fourth-order valence-electron chi connectivity index (χ4n) is 1.61. The first kappa shape index (κ1) is 13.4. The molecule has 2 aliphatic heterocycles. The molecular weight excluding hydrogens is 274 g/mol. The highest BCUT2D eigenvalue weighted by Gasteiger charge is 2.31. The molecule has 7 heteroatoms. The highest BCUT2D eigenvalue weighted by molar-refractivity contribution is 8.09. The Balaban J connectivity index is 2.11. The Kier molecular flexibility index (Phi) is 4.23. The standard InChI is InChI=1S/C11H13NO4S2/c1-6(13)15-8-5-17-9-3-12-4-10(16-7(2)14)18-11(8)9/h4,8,12H,3,5H2,1-2H3. The van der Waals surface area contributed by atoms with Crippen molar-refractivity contribution in [2.75, 3.05) is 12.3 Å². The molecule has 0 aromatic carbocycles. The van der Waals surface area contributed by atoms with E-state index in [1.807, 2.05) is 0 Å². The quantitative estimate of drug-likeness (QED) is 0.773. The summed E-state index contributed by atoms with van der Waals surface area (Å²) in [6, 6.07) is 0. The first-order valence-corrected chi connectivity index (χ1v) is 7.19. The number of hydrogen-bond acceptors (Lipinski definition) is 7. The second kappa shape index (κ2) is 5.71. The molecule has 0 saturated carbocycles. The zero-order chi connectivity index (χ0) is 13.1. The van der Waals surface area contributed by atoms with Crippen LogP contribution in [-0.2, 0) is 19.1 Å². The molecule has 2 heterocycles. The molecule has 1 atom stereocenters. The summed E-state index contributed by atoms with van der Waals surface area (Å²) in [4.78, 5) is 24.1. The maximum atomic E-state index is 11.0. The van der Waals surface area contributed by atoms with Gasteiger partial charge >= 0.3 is 11.9 Å². The summed E-state index contributed by atoms with van der Waals surface area (Å²) in [7, 11) is 0. The summed E-state index contributed by atoms with van der Waals surface area (Å²) in [5, 5.41) is 3.55. The van der Waals surface area contributed by atoms with Crippen molar-refractivity contribution in [2.24, 2.45) is 0 Å². The molecule has 0 radical (unpaired) electrons. The molecule has 0 bridgehead atoms. The Hall–Kier alpha value is -1.08. The first-order valence-electron chi connectivity index (χ1n) is 5.39. The van der Waals surface area contributed by atoms with Crippen molar-refractivity contribution < 1.29 is 19.1 Å². The number of carbonyl (C=O) groups excluding carboxylic acids is 2. The molecular formula is C11H13NO4S2. The summed E-state index contributed by atoms with van der Waals surface area (Å²) in [6.45, 7) is 3.41. The van der Waals surface area contributed by atoms with E-state index >= 15 is 0 Å². The van der Waals surface area contributed by atoms with Gasteiger partial charge in [0.15, 0.2) is 5.09 Å². The first-order chi connectivity index (χ1) is 8.56. The zero-order valence-electron chi connectivity index (χ0n) is 10.0. The molecule has 0 aromatic rings. The average molecular weight is 287 g/mol. The van der Waals surface area contributed by atoms with E-state index in [1.54, 1.807) is 18.0 Å². The van der Waals surface area contributed by atoms with Gasteiger partial charge in [0.25, 0.3) is 0 Å². The molecule has 18 heavy (non-hydrogen) atoms. The largest absolute Gasteiger partial charge is 0.456 e. The summed E-state index contributed by atoms with van der Waals surface area (Å²) in [5.74, 6) is 0.0474. The smallest absolute Gasteiger partial charge is 0.308 e. The van der Waals surface area contributed by atoms with Gasteiger partial charge in [-0.15, -0.1) is 11.8 Å². The predicted molar refractivity (Wildman–Crippen MR) is 70.5 cm³/mol. The number of carbonyl (C=O) groups is 2. The third-order valence-corrected chi connectivity index (χ3v) is 4.66. The number of nitrogens with one attached hydrogen (secondary N) is 1. The van der Waals surface area contributed by atoms with Gasteiger partial charge in [0.05, 0.1) is 0 Å². The number of esters is 2. The Morgan fingerprint density at radius 3 is 2.83 bits per heavy atom. The normalized spacial score (nSPS) is 22.6. The third kappa shape index (κ3) is 3.23. The van der Waals surface area contributed by atoms with E-state index < -0.39 is 0 Å². The van der Waals surface area contributed by atoms with Crippen molar-refractivity contribution in [1.29, 1.82) is 0 Å². The van der Waals surface area contributed by atoms with Gasteiger partial charge < -0.3 is 14.8 Å². The molecule has 5 nitrogen and oxygen atoms in total. The van der Waals surface area contributed by atoms with Crippen LogP contribution in [0.5, 0.6) is 0 Å². The van der Waals surface area contributed by atoms with Crippen molar-refractivity contribution in [3.8, 4) is 0 Å². The van der Waals surface area contributed by atoms with E-state index in [9.17, 15) is 9.59 Å². The molecule has 2 rings (SSSR count). The Morgan fingerprint density at radius 1 is 1.39 bits per heavy atom. The zero-order valence-corrected chi connectivity index (χ0v) is 11.7. The van der Waals surface area contributed by atoms with E-state index in [2.05, 4.69) is 5.32 Å². The van der Waals surface area contributed by atoms with Gasteiger partial charge in [0.1, 0.15) is 6.10 Å². The van der Waals surface area contributed by atoms with Crippen LogP contribution in [0.2, 0.25) is 0 Å². The Labute approximate surface area is 113 Å². The summed E-state index contributed by atoms with van der Waals surface area (Å²) >= 11 is 2.99. The van der Waals surface area contributed by atoms with Crippen LogP contribution < -0.4 is 5.32 Å². The van der Waals surface area contributed by atoms with Crippen molar-refractivity contribution in [3.05, 3.63) is 21.1 Å². The number of hydrogen-bond donors (Lipinski definition) is 1. The second-order valence-electron chi connectivity index (χ2n) is 3.74. The molecule has 0 spiro atoms. The number of thioether (sulfide) groups is 2. The van der Waals surface area contributed by atoms with Crippen molar-refractivity contribution in [1.82, 2.24) is 5.32 Å². The Morgan fingerprint density at radius 2 is 2.17 bits per heavy atom. The monoisotopic (exact) mass is 287 g/mol. The maximum absolute atomic E-state index is 11.0. The van der Waals surface area contributed by atoms with E-state index in [0.29, 0.717) is 17.4 Å². The number of ether oxygens (including phenoxy) is 2. The molecule has 0 amide bonds. The lowest BCUT2D eigenvalue weighted by Gasteiger charge is -2.14. The highest BCUT2D eigenvalue weighted by atomic mass is 32.2. The molecule has 0 fully saturated rings. The molecule has 2 aliphatic rings. The summed E-state index contributed by atoms with van der Waals surface area (Å²) in [5.41, 5.74) is 0. The van der Waals surface area contributed by atoms with E-state index in [0.717, 1.165) is 9.81 Å². The second-order valence-corrected chi connectivity index (χ2v) is 5.90. The van der Waals surface area contributed by atoms with Gasteiger partial charge in [-0.25, -0.2) is 0 Å². The third-order valence-electron chi connectivity index (χ3n) is 2.22. The van der Waals surface area contributed by atoms with Gasteiger partial charge in [-0.05, 0) is 0 Å². The molecule has 1 unspecified atom stereocenters. The fourth-order valence-corrected chi connectivity index (χ4v) is 4.03. The fraction of sp³-hybridized carbons (Fsp3) is 0.455. The maximum Gasteiger partial charge on any atom is 0.308 e. The summed E-state index contributed by atoms with van der Waals surface area (Å²) in [6.07, 6.45) is 1.42. The van der Waals surface area contributed by atoms with Crippen molar-refractivity contribution >= 4 is 35.5 Å². The predicted octanol–water partition coefficient (Wildman–Crippen LogP) is 1.57. The van der Waals surface area contributed by atoms with Crippen molar-refractivity contribution in [2.45, 2.75) is 20.0 Å².